The van der Waals surface area contributed by atoms with E-state index in [1.165, 1.54) is 0 Å². The summed E-state index contributed by atoms with van der Waals surface area (Å²) < 4.78 is 0. The number of nitrogens with one attached hydrogen (secondary N) is 1. The van der Waals surface area contributed by atoms with E-state index in [4.69, 9.17) is 10.2 Å². The summed E-state index contributed by atoms with van der Waals surface area (Å²) in [5, 5.41) is 20.2. The number of hydrogen-bond donors (Lipinski definition) is 3. The van der Waals surface area contributed by atoms with Gasteiger partial charge in [0, 0.05) is 6.04 Å². The second-order valence-corrected chi connectivity index (χ2v) is 2.25. The Hall–Kier alpha value is -0.380. The third-order valence-electron chi connectivity index (χ3n) is 1.29. The van der Waals surface area contributed by atoms with Gasteiger partial charge in [0.25, 0.3) is 0 Å². The maximum atomic E-state index is 8.61. The van der Waals surface area contributed by atoms with Gasteiger partial charge in [-0.2, -0.15) is 0 Å². The van der Waals surface area contributed by atoms with Crippen LogP contribution in [-0.2, 0) is 0 Å². The molecule has 0 fully saturated rings. The van der Waals surface area contributed by atoms with Crippen molar-refractivity contribution in [3.63, 3.8) is 0 Å². The van der Waals surface area contributed by atoms with Gasteiger partial charge in [-0.25, -0.2) is 0 Å². The Labute approximate surface area is 61.4 Å². The van der Waals surface area contributed by atoms with Crippen LogP contribution in [0.2, 0.25) is 0 Å². The molecular weight excluding hydrogens is 130 g/mol. The molecule has 0 aromatic rings. The minimum Gasteiger partial charge on any atom is -0.395 e. The Morgan fingerprint density at radius 2 is 2.00 bits per heavy atom. The second kappa shape index (κ2) is 5.41. The normalized spacial score (nSPS) is 13.6. The summed E-state index contributed by atoms with van der Waals surface area (Å²) >= 11 is 0. The fourth-order valence-corrected chi connectivity index (χ4v) is 0.603. The maximum absolute atomic E-state index is 8.61. The highest BCUT2D eigenvalue weighted by Gasteiger charge is 2.05. The molecule has 1 atom stereocenters. The quantitative estimate of drug-likeness (QED) is 0.457. The first-order valence-electron chi connectivity index (χ1n) is 3.35. The van der Waals surface area contributed by atoms with Crippen molar-refractivity contribution in [2.45, 2.75) is 19.0 Å². The van der Waals surface area contributed by atoms with Crippen molar-refractivity contribution in [3.05, 3.63) is 12.7 Å². The summed E-state index contributed by atoms with van der Waals surface area (Å²) in [6.45, 7) is 5.37. The minimum atomic E-state index is -0.229. The molecule has 0 saturated heterocycles. The molecule has 0 aliphatic carbocycles. The van der Waals surface area contributed by atoms with Gasteiger partial charge in [0.05, 0.1) is 19.3 Å². The van der Waals surface area contributed by atoms with Gasteiger partial charge >= 0.3 is 0 Å². The number of hydrogen-bond acceptors (Lipinski definition) is 3. The zero-order valence-electron chi connectivity index (χ0n) is 6.25. The summed E-state index contributed by atoms with van der Waals surface area (Å²) in [5.74, 6) is 0. The maximum Gasteiger partial charge on any atom is 0.0607 e. The Morgan fingerprint density at radius 1 is 1.50 bits per heavy atom. The van der Waals surface area contributed by atoms with Gasteiger partial charge in [-0.1, -0.05) is 6.08 Å². The zero-order valence-corrected chi connectivity index (χ0v) is 6.25. The number of aliphatic hydroxyl groups is 2. The fraction of sp³-hybridized carbons (Fsp3) is 0.714. The average molecular weight is 145 g/mol. The molecule has 0 heterocycles. The van der Waals surface area contributed by atoms with Crippen molar-refractivity contribution in [1.82, 2.24) is 5.32 Å². The lowest BCUT2D eigenvalue weighted by molar-refractivity contribution is 0.167. The van der Waals surface area contributed by atoms with E-state index in [1.54, 1.807) is 6.08 Å². The number of aliphatic hydroxyl groups excluding tert-OH is 2. The van der Waals surface area contributed by atoms with Crippen LogP contribution >= 0.6 is 0 Å². The molecule has 0 amide bonds. The topological polar surface area (TPSA) is 52.5 Å². The third-order valence-corrected chi connectivity index (χ3v) is 1.29. The molecule has 0 rings (SSSR count). The summed E-state index contributed by atoms with van der Waals surface area (Å²) in [6, 6.07) is -0.0997. The fourth-order valence-electron chi connectivity index (χ4n) is 0.603. The van der Waals surface area contributed by atoms with Crippen LogP contribution in [0.25, 0.3) is 0 Å². The van der Waals surface area contributed by atoms with Crippen LogP contribution in [0.5, 0.6) is 0 Å². The first-order chi connectivity index (χ1) is 4.74. The average Bonchev–Trinajstić information content (AvgIpc) is 1.99. The third kappa shape index (κ3) is 3.61. The molecule has 1 unspecified atom stereocenters. The monoisotopic (exact) mass is 145 g/mol. The molecule has 0 aliphatic heterocycles. The van der Waals surface area contributed by atoms with E-state index in [9.17, 15) is 0 Å². The highest BCUT2D eigenvalue weighted by Crippen LogP contribution is 1.86. The van der Waals surface area contributed by atoms with Crippen LogP contribution in [0.15, 0.2) is 12.7 Å². The van der Waals surface area contributed by atoms with Gasteiger partial charge in [0.15, 0.2) is 0 Å². The van der Waals surface area contributed by atoms with Gasteiger partial charge in [0.1, 0.15) is 0 Å². The molecule has 10 heavy (non-hydrogen) atoms. The molecule has 0 aliphatic rings. The summed E-state index contributed by atoms with van der Waals surface area (Å²) in [6.07, 6.45) is 1.72. The van der Waals surface area contributed by atoms with Crippen molar-refractivity contribution in [2.24, 2.45) is 0 Å². The first kappa shape index (κ1) is 9.62. The van der Waals surface area contributed by atoms with Gasteiger partial charge < -0.3 is 15.5 Å². The molecule has 3 heteroatoms. The van der Waals surface area contributed by atoms with Gasteiger partial charge in [0.2, 0.25) is 0 Å². The molecule has 0 saturated carbocycles. The minimum absolute atomic E-state index is 0.0469. The van der Waals surface area contributed by atoms with Gasteiger partial charge in [-0.15, -0.1) is 6.58 Å². The smallest absolute Gasteiger partial charge is 0.0607 e. The van der Waals surface area contributed by atoms with Crippen molar-refractivity contribution < 1.29 is 10.2 Å². The molecule has 0 aromatic carbocycles. The Kier molecular flexibility index (Phi) is 5.20. The molecule has 0 bridgehead atoms. The summed E-state index contributed by atoms with van der Waals surface area (Å²) in [4.78, 5) is 0. The van der Waals surface area contributed by atoms with Crippen LogP contribution in [0.1, 0.15) is 6.92 Å². The van der Waals surface area contributed by atoms with E-state index in [-0.39, 0.29) is 25.3 Å². The highest BCUT2D eigenvalue weighted by atomic mass is 16.3. The Bertz CT molecular complexity index is 91.6. The van der Waals surface area contributed by atoms with E-state index < -0.39 is 0 Å². The van der Waals surface area contributed by atoms with Crippen molar-refractivity contribution >= 4 is 0 Å². The Morgan fingerprint density at radius 3 is 2.30 bits per heavy atom. The lowest BCUT2D eigenvalue weighted by Gasteiger charge is -2.16. The zero-order chi connectivity index (χ0) is 7.98. The summed E-state index contributed by atoms with van der Waals surface area (Å²) in [7, 11) is 0. The molecule has 3 nitrogen and oxygen atoms in total. The predicted octanol–water partition coefficient (Wildman–Crippen LogP) is -0.496. The van der Waals surface area contributed by atoms with Crippen LogP contribution in [-0.4, -0.2) is 35.5 Å². The SMILES string of the molecule is C=CC(C)NC(CO)CO. The molecule has 60 valence electrons. The van der Waals surface area contributed by atoms with Crippen molar-refractivity contribution in [2.75, 3.05) is 13.2 Å². The van der Waals surface area contributed by atoms with E-state index in [0.717, 1.165) is 0 Å². The molecular formula is C7H15NO2. The van der Waals surface area contributed by atoms with Crippen molar-refractivity contribution in [3.8, 4) is 0 Å². The standard InChI is InChI=1S/C7H15NO2/c1-3-6(2)8-7(4-9)5-10/h3,6-10H,1,4-5H2,2H3. The highest BCUT2D eigenvalue weighted by molar-refractivity contribution is 4.83. The summed E-state index contributed by atoms with van der Waals surface area (Å²) in [5.41, 5.74) is 0. The molecule has 0 radical (unpaired) electrons. The van der Waals surface area contributed by atoms with Crippen LogP contribution in [0.4, 0.5) is 0 Å². The van der Waals surface area contributed by atoms with E-state index >= 15 is 0 Å². The van der Waals surface area contributed by atoms with E-state index in [2.05, 4.69) is 11.9 Å². The largest absolute Gasteiger partial charge is 0.395 e. The lowest BCUT2D eigenvalue weighted by atomic mass is 10.2. The predicted molar refractivity (Wildman–Crippen MR) is 40.8 cm³/mol. The molecule has 3 N–H and O–H groups in total. The number of rotatable bonds is 5. The van der Waals surface area contributed by atoms with Gasteiger partial charge in [-0.3, -0.25) is 0 Å². The van der Waals surface area contributed by atoms with Crippen molar-refractivity contribution in [1.29, 1.82) is 0 Å². The molecule has 0 aromatic heterocycles. The lowest BCUT2D eigenvalue weighted by Crippen LogP contribution is -2.40. The molecule has 0 spiro atoms. The van der Waals surface area contributed by atoms with Crippen LogP contribution in [0, 0.1) is 0 Å². The van der Waals surface area contributed by atoms with E-state index in [0.29, 0.717) is 0 Å². The second-order valence-electron chi connectivity index (χ2n) is 2.25. The van der Waals surface area contributed by atoms with E-state index in [1.807, 2.05) is 6.92 Å². The van der Waals surface area contributed by atoms with Gasteiger partial charge in [-0.05, 0) is 6.92 Å². The first-order valence-corrected chi connectivity index (χ1v) is 3.35. The Balaban J connectivity index is 3.51. The van der Waals surface area contributed by atoms with Crippen LogP contribution < -0.4 is 5.32 Å². The van der Waals surface area contributed by atoms with Crippen LogP contribution in [0.3, 0.4) is 0 Å².